The highest BCUT2D eigenvalue weighted by Gasteiger charge is 2.22. The van der Waals surface area contributed by atoms with E-state index in [0.717, 1.165) is 37.9 Å². The van der Waals surface area contributed by atoms with Crippen molar-refractivity contribution >= 4 is 39.4 Å². The number of sulfonamides is 1. The first-order chi connectivity index (χ1) is 18.0. The number of phenols is 1. The number of benzene rings is 2. The van der Waals surface area contributed by atoms with Crippen molar-refractivity contribution in [2.24, 2.45) is 0 Å². The Morgan fingerprint density at radius 3 is 2.39 bits per heavy atom. The van der Waals surface area contributed by atoms with E-state index in [2.05, 4.69) is 14.9 Å². The van der Waals surface area contributed by atoms with E-state index >= 15 is 0 Å². The topological polar surface area (TPSA) is 165 Å². The fourth-order valence-electron chi connectivity index (χ4n) is 4.15. The van der Waals surface area contributed by atoms with Gasteiger partial charge >= 0.3 is 11.9 Å². The highest BCUT2D eigenvalue weighted by atomic mass is 32.2. The van der Waals surface area contributed by atoms with E-state index in [1.807, 2.05) is 12.1 Å². The molecule has 1 aliphatic rings. The number of ether oxygens (including phenoxy) is 1. The Morgan fingerprint density at radius 2 is 1.82 bits per heavy atom. The molecule has 1 aliphatic heterocycles. The number of aliphatic hydroxyl groups is 1. The number of nitrogens with one attached hydrogen (secondary N) is 2. The van der Waals surface area contributed by atoms with Crippen LogP contribution in [0, 0.1) is 0 Å². The normalized spacial score (nSPS) is 15.7. The van der Waals surface area contributed by atoms with Gasteiger partial charge in [0, 0.05) is 31.4 Å². The van der Waals surface area contributed by atoms with Crippen molar-refractivity contribution in [2.75, 3.05) is 42.1 Å². The molecule has 0 radical (unpaired) electrons. The summed E-state index contributed by atoms with van der Waals surface area (Å²) in [7, 11) is -3.57. The lowest BCUT2D eigenvalue weighted by atomic mass is 10.0. The number of nitrogens with zero attached hydrogens (tertiary/aromatic N) is 1. The van der Waals surface area contributed by atoms with Gasteiger partial charge in [-0.2, -0.15) is 0 Å². The van der Waals surface area contributed by atoms with Crippen molar-refractivity contribution in [3.05, 3.63) is 59.2 Å². The fourth-order valence-corrected chi connectivity index (χ4v) is 4.71. The van der Waals surface area contributed by atoms with Crippen LogP contribution >= 0.6 is 0 Å². The lowest BCUT2D eigenvalue weighted by Gasteiger charge is -2.34. The van der Waals surface area contributed by atoms with E-state index in [9.17, 15) is 33.3 Å². The van der Waals surface area contributed by atoms with Crippen LogP contribution in [0.3, 0.4) is 0 Å². The number of hydrogen-bond donors (Lipinski definition) is 5. The number of phenolic OH excluding ortho intramolecular Hbond substituents is 1. The molecule has 206 valence electrons. The highest BCUT2D eigenvalue weighted by molar-refractivity contribution is 7.92. The van der Waals surface area contributed by atoms with Crippen LogP contribution in [0.5, 0.6) is 5.75 Å². The molecule has 2 aromatic rings. The summed E-state index contributed by atoms with van der Waals surface area (Å²) in [6, 6.07) is 11.7. The van der Waals surface area contributed by atoms with Gasteiger partial charge < -0.3 is 30.3 Å². The molecule has 1 fully saturated rings. The summed E-state index contributed by atoms with van der Waals surface area (Å²) in [5.74, 6) is -2.44. The summed E-state index contributed by atoms with van der Waals surface area (Å²) in [5.41, 5.74) is 1.61. The number of carbonyl (C=O) groups excluding carboxylic acids is 1. The second kappa shape index (κ2) is 12.8. The van der Waals surface area contributed by atoms with Crippen LogP contribution < -0.4 is 14.9 Å². The quantitative estimate of drug-likeness (QED) is 0.0924. The average molecular weight is 548 g/mol. The maximum atomic E-state index is 11.9. The average Bonchev–Trinajstić information content (AvgIpc) is 2.87. The smallest absolute Gasteiger partial charge is 0.345 e. The fraction of sp³-hybridized carbons (Fsp3) is 0.385. The van der Waals surface area contributed by atoms with E-state index in [-0.39, 0.29) is 30.6 Å². The number of carbonyl (C=O) groups is 2. The number of rotatable bonds is 11. The Morgan fingerprint density at radius 1 is 1.16 bits per heavy atom. The molecule has 1 heterocycles. The lowest BCUT2D eigenvalue weighted by molar-refractivity contribution is -0.143. The monoisotopic (exact) mass is 547 g/mol. The standard InChI is InChI=1S/C26H33N3O8S/c1-3-37-26(34)21(25(32)33)14-17-4-7-20(8-5-17)29-12-10-19(11-13-29)27-16-24(31)18-6-9-23(30)22(15-18)28-38(2,35)36/h4-9,14-15,19,24,27-28,30-31H,3,10-13,16H2,1-2H3,(H,32,33). The van der Waals surface area contributed by atoms with Gasteiger partial charge in [0.15, 0.2) is 0 Å². The van der Waals surface area contributed by atoms with E-state index in [1.165, 1.54) is 18.2 Å². The van der Waals surface area contributed by atoms with Crippen molar-refractivity contribution in [1.82, 2.24) is 5.32 Å². The third-order valence-corrected chi connectivity index (χ3v) is 6.68. The van der Waals surface area contributed by atoms with E-state index in [4.69, 9.17) is 4.74 Å². The minimum atomic E-state index is -3.57. The first-order valence-electron chi connectivity index (χ1n) is 12.2. The van der Waals surface area contributed by atoms with Gasteiger partial charge in [0.1, 0.15) is 11.3 Å². The highest BCUT2D eigenvalue weighted by Crippen LogP contribution is 2.28. The molecule has 1 unspecified atom stereocenters. The predicted molar refractivity (Wildman–Crippen MR) is 143 cm³/mol. The Balaban J connectivity index is 1.53. The zero-order valence-corrected chi connectivity index (χ0v) is 22.1. The van der Waals surface area contributed by atoms with Crippen LogP contribution in [-0.2, 0) is 24.3 Å². The molecule has 0 amide bonds. The molecule has 0 bridgehead atoms. The number of aliphatic carboxylic acids is 1. The third-order valence-electron chi connectivity index (χ3n) is 6.09. The molecule has 0 spiro atoms. The zero-order chi connectivity index (χ0) is 27.9. The van der Waals surface area contributed by atoms with Gasteiger partial charge in [0.25, 0.3) is 0 Å². The summed E-state index contributed by atoms with van der Waals surface area (Å²) in [6.45, 7) is 3.51. The van der Waals surface area contributed by atoms with Crippen LogP contribution in [0.25, 0.3) is 6.08 Å². The van der Waals surface area contributed by atoms with Gasteiger partial charge in [-0.3, -0.25) is 4.72 Å². The molecule has 2 aromatic carbocycles. The minimum absolute atomic E-state index is 0.0129. The summed E-state index contributed by atoms with van der Waals surface area (Å²) < 4.78 is 30.0. The van der Waals surface area contributed by atoms with Crippen LogP contribution in [0.1, 0.15) is 37.0 Å². The van der Waals surface area contributed by atoms with Gasteiger partial charge in [-0.15, -0.1) is 0 Å². The number of aromatic hydroxyl groups is 1. The Hall–Kier alpha value is -3.61. The molecule has 12 heteroatoms. The van der Waals surface area contributed by atoms with Crippen molar-refractivity contribution in [3.63, 3.8) is 0 Å². The first kappa shape index (κ1) is 29.0. The van der Waals surface area contributed by atoms with Gasteiger partial charge in [-0.05, 0) is 61.2 Å². The van der Waals surface area contributed by atoms with Gasteiger partial charge in [-0.25, -0.2) is 18.0 Å². The number of carboxylic acid groups (broad SMARTS) is 1. The molecule has 5 N–H and O–H groups in total. The number of esters is 1. The molecule has 0 saturated carbocycles. The van der Waals surface area contributed by atoms with Gasteiger partial charge in [-0.1, -0.05) is 18.2 Å². The zero-order valence-electron chi connectivity index (χ0n) is 21.3. The first-order valence-corrected chi connectivity index (χ1v) is 14.0. The molecular formula is C26H33N3O8S. The molecule has 3 rings (SSSR count). The Bertz CT molecular complexity index is 1270. The van der Waals surface area contributed by atoms with Crippen LogP contribution in [0.2, 0.25) is 0 Å². The van der Waals surface area contributed by atoms with Gasteiger partial charge in [0.2, 0.25) is 10.0 Å². The maximum Gasteiger partial charge on any atom is 0.345 e. The second-order valence-electron chi connectivity index (χ2n) is 9.01. The van der Waals surface area contributed by atoms with E-state index < -0.39 is 33.6 Å². The second-order valence-corrected chi connectivity index (χ2v) is 10.8. The number of carboxylic acids is 1. The summed E-state index contributed by atoms with van der Waals surface area (Å²) >= 11 is 0. The summed E-state index contributed by atoms with van der Waals surface area (Å²) in [4.78, 5) is 25.4. The summed E-state index contributed by atoms with van der Waals surface area (Å²) in [5, 5.41) is 33.1. The summed E-state index contributed by atoms with van der Waals surface area (Å²) in [6.07, 6.45) is 3.05. The van der Waals surface area contributed by atoms with E-state index in [0.29, 0.717) is 11.1 Å². The molecule has 1 atom stereocenters. The molecule has 0 aliphatic carbocycles. The Kier molecular flexibility index (Phi) is 9.72. The predicted octanol–water partition coefficient (Wildman–Crippen LogP) is 2.09. The lowest BCUT2D eigenvalue weighted by Crippen LogP contribution is -2.43. The number of piperidine rings is 1. The molecular weight excluding hydrogens is 514 g/mol. The van der Waals surface area contributed by atoms with E-state index in [1.54, 1.807) is 25.1 Å². The molecule has 0 aromatic heterocycles. The van der Waals surface area contributed by atoms with Crippen LogP contribution in [-0.4, -0.2) is 74.2 Å². The maximum absolute atomic E-state index is 11.9. The van der Waals surface area contributed by atoms with Crippen molar-refractivity contribution < 1.29 is 38.1 Å². The van der Waals surface area contributed by atoms with Crippen LogP contribution in [0.15, 0.2) is 48.0 Å². The number of hydrogen-bond acceptors (Lipinski definition) is 9. The van der Waals surface area contributed by atoms with Crippen molar-refractivity contribution in [2.45, 2.75) is 31.9 Å². The van der Waals surface area contributed by atoms with Gasteiger partial charge in [0.05, 0.1) is 24.7 Å². The molecule has 38 heavy (non-hydrogen) atoms. The number of anilines is 2. The van der Waals surface area contributed by atoms with Crippen molar-refractivity contribution in [3.8, 4) is 5.75 Å². The van der Waals surface area contributed by atoms with Crippen LogP contribution in [0.4, 0.5) is 11.4 Å². The largest absolute Gasteiger partial charge is 0.506 e. The Labute approximate surface area is 221 Å². The molecule has 1 saturated heterocycles. The van der Waals surface area contributed by atoms with Crippen molar-refractivity contribution in [1.29, 1.82) is 0 Å². The number of aliphatic hydroxyl groups excluding tert-OH is 1. The third kappa shape index (κ3) is 8.20. The minimum Gasteiger partial charge on any atom is -0.506 e. The SMILES string of the molecule is CCOC(=O)C(=Cc1ccc(N2CCC(NCC(O)c3ccc(O)c(NS(C)(=O)=O)c3)CC2)cc1)C(=O)O. The molecule has 11 nitrogen and oxygen atoms in total.